The van der Waals surface area contributed by atoms with Crippen molar-refractivity contribution in [3.05, 3.63) is 58.7 Å². The van der Waals surface area contributed by atoms with Crippen LogP contribution < -0.4 is 4.90 Å². The number of piperazine rings is 1. The summed E-state index contributed by atoms with van der Waals surface area (Å²) in [4.78, 5) is 9.59. The van der Waals surface area contributed by atoms with Crippen molar-refractivity contribution in [2.75, 3.05) is 18.0 Å². The minimum Gasteiger partial charge on any atom is -0.353 e. The first-order valence-electron chi connectivity index (χ1n) is 7.46. The van der Waals surface area contributed by atoms with Crippen molar-refractivity contribution in [2.45, 2.75) is 25.0 Å². The Hall–Kier alpha value is -1.39. The van der Waals surface area contributed by atoms with Gasteiger partial charge in [0, 0.05) is 42.4 Å². The van der Waals surface area contributed by atoms with Crippen molar-refractivity contribution in [1.29, 1.82) is 0 Å². The largest absolute Gasteiger partial charge is 0.353 e. The fourth-order valence-corrected chi connectivity index (χ4v) is 3.72. The molecule has 3 fully saturated rings. The van der Waals surface area contributed by atoms with Crippen LogP contribution in [0.25, 0.3) is 0 Å². The van der Waals surface area contributed by atoms with Gasteiger partial charge in [0.05, 0.1) is 0 Å². The minimum atomic E-state index is 0.675. The van der Waals surface area contributed by atoms with E-state index in [-0.39, 0.29) is 0 Å². The Morgan fingerprint density at radius 2 is 1.81 bits per heavy atom. The minimum absolute atomic E-state index is 0.675. The maximum absolute atomic E-state index is 4.53. The van der Waals surface area contributed by atoms with E-state index in [4.69, 9.17) is 0 Å². The number of pyridine rings is 1. The molecule has 2 atom stereocenters. The van der Waals surface area contributed by atoms with Crippen LogP contribution >= 0.6 is 15.9 Å². The van der Waals surface area contributed by atoms with Crippen molar-refractivity contribution in [3.8, 4) is 0 Å². The van der Waals surface area contributed by atoms with Gasteiger partial charge in [0.1, 0.15) is 5.82 Å². The lowest BCUT2D eigenvalue weighted by Gasteiger charge is -2.56. The molecule has 0 N–H and O–H groups in total. The SMILES string of the molecule is Brc1ccc(N2CC3CC(C2)N3Cc2ccccc2)nc1. The topological polar surface area (TPSA) is 19.4 Å². The van der Waals surface area contributed by atoms with Gasteiger partial charge in [0.25, 0.3) is 0 Å². The summed E-state index contributed by atoms with van der Waals surface area (Å²) >= 11 is 3.45. The lowest BCUT2D eigenvalue weighted by molar-refractivity contribution is -0.00868. The maximum atomic E-state index is 4.53. The molecule has 3 saturated heterocycles. The van der Waals surface area contributed by atoms with Gasteiger partial charge in [-0.05, 0) is 40.0 Å². The highest BCUT2D eigenvalue weighted by molar-refractivity contribution is 9.10. The van der Waals surface area contributed by atoms with Crippen molar-refractivity contribution < 1.29 is 0 Å². The zero-order valence-corrected chi connectivity index (χ0v) is 13.4. The number of nitrogens with zero attached hydrogens (tertiary/aromatic N) is 3. The second-order valence-corrected chi connectivity index (χ2v) is 6.86. The van der Waals surface area contributed by atoms with E-state index in [1.165, 1.54) is 12.0 Å². The van der Waals surface area contributed by atoms with Gasteiger partial charge in [-0.15, -0.1) is 0 Å². The number of rotatable bonds is 3. The van der Waals surface area contributed by atoms with Crippen LogP contribution in [0, 0.1) is 0 Å². The first-order valence-corrected chi connectivity index (χ1v) is 8.25. The Bertz CT molecular complexity index is 602. The molecule has 0 amide bonds. The van der Waals surface area contributed by atoms with Crippen LogP contribution in [0.2, 0.25) is 0 Å². The molecule has 3 aliphatic rings. The van der Waals surface area contributed by atoms with Gasteiger partial charge >= 0.3 is 0 Å². The molecule has 2 aromatic rings. The molecular weight excluding hydrogens is 326 g/mol. The smallest absolute Gasteiger partial charge is 0.128 e. The predicted octanol–water partition coefficient (Wildman–Crippen LogP) is 3.31. The van der Waals surface area contributed by atoms with Gasteiger partial charge < -0.3 is 4.90 Å². The fourth-order valence-electron chi connectivity index (χ4n) is 3.48. The molecule has 0 aliphatic carbocycles. The lowest BCUT2D eigenvalue weighted by atomic mass is 9.87. The van der Waals surface area contributed by atoms with Crippen LogP contribution in [0.1, 0.15) is 12.0 Å². The highest BCUT2D eigenvalue weighted by Crippen LogP contribution is 2.35. The molecule has 4 heteroatoms. The number of aromatic nitrogens is 1. The summed E-state index contributed by atoms with van der Waals surface area (Å²) in [5.74, 6) is 1.10. The maximum Gasteiger partial charge on any atom is 0.128 e. The molecule has 0 radical (unpaired) electrons. The van der Waals surface area contributed by atoms with E-state index in [1.54, 1.807) is 0 Å². The Balaban J connectivity index is 1.43. The lowest BCUT2D eigenvalue weighted by Crippen LogP contribution is -2.68. The normalized spacial score (nSPS) is 24.7. The number of piperidine rings is 1. The number of benzene rings is 1. The summed E-state index contributed by atoms with van der Waals surface area (Å²) in [6.45, 7) is 3.27. The first-order chi connectivity index (χ1) is 10.3. The van der Waals surface area contributed by atoms with E-state index in [9.17, 15) is 0 Å². The van der Waals surface area contributed by atoms with Gasteiger partial charge in [-0.25, -0.2) is 4.98 Å². The molecule has 0 saturated carbocycles. The number of hydrogen-bond donors (Lipinski definition) is 0. The molecular formula is C17H18BrN3. The number of fused-ring (bicyclic) bond motifs is 2. The van der Waals surface area contributed by atoms with Crippen LogP contribution in [0.5, 0.6) is 0 Å². The third kappa shape index (κ3) is 2.58. The third-order valence-corrected chi connectivity index (χ3v) is 5.06. The van der Waals surface area contributed by atoms with E-state index in [1.807, 2.05) is 6.20 Å². The Morgan fingerprint density at radius 3 is 2.48 bits per heavy atom. The van der Waals surface area contributed by atoms with Gasteiger partial charge in [0.2, 0.25) is 0 Å². The summed E-state index contributed by atoms with van der Waals surface area (Å²) in [7, 11) is 0. The van der Waals surface area contributed by atoms with E-state index >= 15 is 0 Å². The van der Waals surface area contributed by atoms with Crippen molar-refractivity contribution in [2.24, 2.45) is 0 Å². The van der Waals surface area contributed by atoms with Gasteiger partial charge in [-0.1, -0.05) is 30.3 Å². The van der Waals surface area contributed by atoms with Gasteiger partial charge in [-0.3, -0.25) is 4.90 Å². The molecule has 108 valence electrons. The predicted molar refractivity (Wildman–Crippen MR) is 88.3 cm³/mol. The molecule has 3 aliphatic heterocycles. The first kappa shape index (κ1) is 13.3. The van der Waals surface area contributed by atoms with E-state index in [0.717, 1.165) is 29.9 Å². The summed E-state index contributed by atoms with van der Waals surface area (Å²) in [5, 5.41) is 0. The molecule has 5 rings (SSSR count). The Kier molecular flexibility index (Phi) is 3.43. The average Bonchev–Trinajstić information content (AvgIpc) is 2.54. The Labute approximate surface area is 133 Å². The average molecular weight is 344 g/mol. The molecule has 1 aromatic carbocycles. The van der Waals surface area contributed by atoms with E-state index < -0.39 is 0 Å². The molecule has 2 unspecified atom stereocenters. The van der Waals surface area contributed by atoms with Crippen LogP contribution in [0.3, 0.4) is 0 Å². The summed E-state index contributed by atoms with van der Waals surface area (Å²) < 4.78 is 1.04. The molecule has 4 heterocycles. The standard InChI is InChI=1S/C17H18BrN3/c18-14-6-7-17(19-9-14)20-11-15-8-16(12-20)21(15)10-13-4-2-1-3-5-13/h1-7,9,15-16H,8,10-12H2. The zero-order valence-electron chi connectivity index (χ0n) is 11.8. The molecule has 3 nitrogen and oxygen atoms in total. The van der Waals surface area contributed by atoms with Crippen molar-refractivity contribution in [1.82, 2.24) is 9.88 Å². The number of halogens is 1. The van der Waals surface area contributed by atoms with Crippen molar-refractivity contribution >= 4 is 21.7 Å². The molecule has 2 bridgehead atoms. The van der Waals surface area contributed by atoms with Crippen molar-refractivity contribution in [3.63, 3.8) is 0 Å². The third-order valence-electron chi connectivity index (χ3n) is 4.59. The van der Waals surface area contributed by atoms with Gasteiger partial charge in [0.15, 0.2) is 0 Å². The molecule has 0 spiro atoms. The quantitative estimate of drug-likeness (QED) is 0.852. The Morgan fingerprint density at radius 1 is 1.05 bits per heavy atom. The second kappa shape index (κ2) is 5.43. The van der Waals surface area contributed by atoms with E-state index in [0.29, 0.717) is 12.1 Å². The number of anilines is 1. The van der Waals surface area contributed by atoms with Gasteiger partial charge in [-0.2, -0.15) is 0 Å². The highest BCUT2D eigenvalue weighted by Gasteiger charge is 2.44. The molecule has 21 heavy (non-hydrogen) atoms. The zero-order chi connectivity index (χ0) is 14.2. The van der Waals surface area contributed by atoms with Crippen LogP contribution in [-0.4, -0.2) is 35.1 Å². The van der Waals surface area contributed by atoms with Crippen LogP contribution in [0.4, 0.5) is 5.82 Å². The summed E-state index contributed by atoms with van der Waals surface area (Å²) in [6.07, 6.45) is 3.22. The van der Waals surface area contributed by atoms with Crippen LogP contribution in [-0.2, 0) is 6.54 Å². The summed E-state index contributed by atoms with van der Waals surface area (Å²) in [5.41, 5.74) is 1.42. The van der Waals surface area contributed by atoms with E-state index in [2.05, 4.69) is 73.2 Å². The molecule has 1 aromatic heterocycles. The summed E-state index contributed by atoms with van der Waals surface area (Å²) in [6, 6.07) is 16.3. The second-order valence-electron chi connectivity index (χ2n) is 5.94. The highest BCUT2D eigenvalue weighted by atomic mass is 79.9. The fraction of sp³-hybridized carbons (Fsp3) is 0.353. The number of hydrogen-bond acceptors (Lipinski definition) is 3. The van der Waals surface area contributed by atoms with Crippen LogP contribution in [0.15, 0.2) is 53.1 Å². The monoisotopic (exact) mass is 343 g/mol.